The molecule has 1 aliphatic carbocycles. The molecule has 0 bridgehead atoms. The van der Waals surface area contributed by atoms with Gasteiger partial charge in [-0.1, -0.05) is 38.8 Å². The second-order valence-corrected chi connectivity index (χ2v) is 4.69. The van der Waals surface area contributed by atoms with Gasteiger partial charge in [0.2, 0.25) is 0 Å². The van der Waals surface area contributed by atoms with Gasteiger partial charge >= 0.3 is 0 Å². The van der Waals surface area contributed by atoms with Crippen molar-refractivity contribution in [1.82, 2.24) is 0 Å². The third-order valence-electron chi connectivity index (χ3n) is 3.21. The summed E-state index contributed by atoms with van der Waals surface area (Å²) in [5, 5.41) is 0. The van der Waals surface area contributed by atoms with E-state index >= 15 is 0 Å². The van der Waals surface area contributed by atoms with Crippen LogP contribution in [-0.2, 0) is 0 Å². The van der Waals surface area contributed by atoms with E-state index in [2.05, 4.69) is 34.6 Å². The summed E-state index contributed by atoms with van der Waals surface area (Å²) < 4.78 is 0. The lowest BCUT2D eigenvalue weighted by molar-refractivity contribution is 0.442. The van der Waals surface area contributed by atoms with E-state index in [1.54, 1.807) is 11.1 Å². The van der Waals surface area contributed by atoms with E-state index in [-0.39, 0.29) is 0 Å². The molecule has 0 aromatic heterocycles. The molecule has 64 valence electrons. The summed E-state index contributed by atoms with van der Waals surface area (Å²) in [5.74, 6) is 0.761. The maximum atomic E-state index is 2.36. The van der Waals surface area contributed by atoms with E-state index in [0.29, 0.717) is 5.41 Å². The van der Waals surface area contributed by atoms with E-state index in [1.165, 1.54) is 12.8 Å². The van der Waals surface area contributed by atoms with Crippen LogP contribution in [0.5, 0.6) is 0 Å². The van der Waals surface area contributed by atoms with Crippen LogP contribution in [0.3, 0.4) is 0 Å². The zero-order chi connectivity index (χ0) is 8.65. The average Bonchev–Trinajstić information content (AvgIpc) is 2.09. The smallest absolute Gasteiger partial charge is 0.0142 e. The molecule has 0 atom stereocenters. The van der Waals surface area contributed by atoms with Gasteiger partial charge < -0.3 is 0 Å². The topological polar surface area (TPSA) is 0 Å². The van der Waals surface area contributed by atoms with Crippen molar-refractivity contribution in [1.29, 1.82) is 0 Å². The van der Waals surface area contributed by atoms with Gasteiger partial charge in [-0.15, -0.1) is 0 Å². The molecule has 1 aliphatic rings. The lowest BCUT2D eigenvalue weighted by Gasteiger charge is -2.19. The molecule has 0 amide bonds. The van der Waals surface area contributed by atoms with Gasteiger partial charge in [0, 0.05) is 0 Å². The van der Waals surface area contributed by atoms with Crippen molar-refractivity contribution in [2.24, 2.45) is 11.3 Å². The highest BCUT2D eigenvalue weighted by atomic mass is 14.3. The third kappa shape index (κ3) is 1.50. The Balaban J connectivity index is 2.90. The van der Waals surface area contributed by atoms with Gasteiger partial charge in [0.15, 0.2) is 0 Å². The predicted molar refractivity (Wildman–Crippen MR) is 50.6 cm³/mol. The Bertz CT molecular complexity index is 182. The molecule has 0 aromatic carbocycles. The first-order valence-electron chi connectivity index (χ1n) is 4.65. The van der Waals surface area contributed by atoms with Gasteiger partial charge in [-0.25, -0.2) is 0 Å². The van der Waals surface area contributed by atoms with Crippen LogP contribution in [0.15, 0.2) is 11.1 Å². The Morgan fingerprint density at radius 2 is 1.82 bits per heavy atom. The number of hydrogen-bond donors (Lipinski definition) is 0. The Morgan fingerprint density at radius 1 is 1.27 bits per heavy atom. The van der Waals surface area contributed by atoms with Crippen molar-refractivity contribution in [3.05, 3.63) is 11.1 Å². The van der Waals surface area contributed by atoms with E-state index in [1.807, 2.05) is 0 Å². The number of allylic oxidation sites excluding steroid dienone is 2. The first-order chi connectivity index (χ1) is 4.95. The Morgan fingerprint density at radius 3 is 2.00 bits per heavy atom. The fourth-order valence-corrected chi connectivity index (χ4v) is 1.98. The molecule has 0 unspecified atom stereocenters. The molecule has 0 heterocycles. The van der Waals surface area contributed by atoms with Gasteiger partial charge in [0.1, 0.15) is 0 Å². The van der Waals surface area contributed by atoms with Crippen LogP contribution in [-0.4, -0.2) is 0 Å². The van der Waals surface area contributed by atoms with Crippen LogP contribution in [0.25, 0.3) is 0 Å². The Kier molecular flexibility index (Phi) is 2.13. The lowest BCUT2D eigenvalue weighted by Crippen LogP contribution is -2.07. The second-order valence-electron chi connectivity index (χ2n) is 4.69. The fraction of sp³-hybridized carbons (Fsp3) is 0.818. The van der Waals surface area contributed by atoms with Crippen LogP contribution in [0.1, 0.15) is 47.5 Å². The van der Waals surface area contributed by atoms with Crippen molar-refractivity contribution in [3.8, 4) is 0 Å². The Hall–Kier alpha value is -0.260. The van der Waals surface area contributed by atoms with Gasteiger partial charge in [-0.3, -0.25) is 0 Å². The summed E-state index contributed by atoms with van der Waals surface area (Å²) in [5.41, 5.74) is 3.84. The Labute approximate surface area is 70.7 Å². The molecule has 0 heteroatoms. The predicted octanol–water partition coefficient (Wildman–Crippen LogP) is 3.78. The highest BCUT2D eigenvalue weighted by Crippen LogP contribution is 2.44. The zero-order valence-electron chi connectivity index (χ0n) is 8.49. The summed E-state index contributed by atoms with van der Waals surface area (Å²) in [7, 11) is 0. The van der Waals surface area contributed by atoms with E-state index in [0.717, 1.165) is 5.92 Å². The van der Waals surface area contributed by atoms with Crippen molar-refractivity contribution in [2.75, 3.05) is 0 Å². The van der Waals surface area contributed by atoms with E-state index in [4.69, 9.17) is 0 Å². The van der Waals surface area contributed by atoms with Crippen molar-refractivity contribution in [2.45, 2.75) is 47.5 Å². The highest BCUT2D eigenvalue weighted by molar-refractivity contribution is 5.25. The number of hydrogen-bond acceptors (Lipinski definition) is 0. The normalized spacial score (nSPS) is 23.5. The first-order valence-corrected chi connectivity index (χ1v) is 4.65. The quantitative estimate of drug-likeness (QED) is 0.502. The summed E-state index contributed by atoms with van der Waals surface area (Å²) in [6.07, 6.45) is 2.68. The van der Waals surface area contributed by atoms with Crippen LogP contribution < -0.4 is 0 Å². The molecule has 0 saturated heterocycles. The molecular formula is C11H20. The van der Waals surface area contributed by atoms with Gasteiger partial charge in [-0.2, -0.15) is 0 Å². The molecule has 0 aromatic rings. The molecule has 0 fully saturated rings. The van der Waals surface area contributed by atoms with Crippen molar-refractivity contribution >= 4 is 0 Å². The molecule has 0 nitrogen and oxygen atoms in total. The van der Waals surface area contributed by atoms with E-state index < -0.39 is 0 Å². The van der Waals surface area contributed by atoms with Gasteiger partial charge in [-0.05, 0) is 31.1 Å². The fourth-order valence-electron chi connectivity index (χ4n) is 1.98. The molecule has 0 saturated carbocycles. The summed E-state index contributed by atoms with van der Waals surface area (Å²) >= 11 is 0. The van der Waals surface area contributed by atoms with Crippen molar-refractivity contribution < 1.29 is 0 Å². The first kappa shape index (κ1) is 8.83. The van der Waals surface area contributed by atoms with Crippen LogP contribution in [0.4, 0.5) is 0 Å². The maximum absolute atomic E-state index is 2.36. The third-order valence-corrected chi connectivity index (χ3v) is 3.21. The molecular weight excluding hydrogens is 132 g/mol. The molecule has 0 aliphatic heterocycles. The standard InChI is InChI=1S/C11H20/c1-8(2)10-6-7-11(4,5)9(10)3/h8H,6-7H2,1-5H3. The molecule has 1 rings (SSSR count). The number of rotatable bonds is 1. The van der Waals surface area contributed by atoms with Gasteiger partial charge in [0.05, 0.1) is 0 Å². The minimum absolute atomic E-state index is 0.486. The van der Waals surface area contributed by atoms with Crippen LogP contribution >= 0.6 is 0 Å². The van der Waals surface area contributed by atoms with Crippen LogP contribution in [0, 0.1) is 11.3 Å². The maximum Gasteiger partial charge on any atom is -0.0142 e. The summed E-state index contributed by atoms with van der Waals surface area (Å²) in [6, 6.07) is 0. The lowest BCUT2D eigenvalue weighted by atomic mass is 9.86. The highest BCUT2D eigenvalue weighted by Gasteiger charge is 2.29. The second kappa shape index (κ2) is 2.66. The molecule has 0 N–H and O–H groups in total. The summed E-state index contributed by atoms with van der Waals surface area (Å²) in [6.45, 7) is 11.6. The van der Waals surface area contributed by atoms with E-state index in [9.17, 15) is 0 Å². The molecule has 0 spiro atoms. The minimum Gasteiger partial charge on any atom is -0.0682 e. The summed E-state index contributed by atoms with van der Waals surface area (Å²) in [4.78, 5) is 0. The average molecular weight is 152 g/mol. The largest absolute Gasteiger partial charge is 0.0682 e. The van der Waals surface area contributed by atoms with Gasteiger partial charge in [0.25, 0.3) is 0 Å². The molecule has 11 heavy (non-hydrogen) atoms. The minimum atomic E-state index is 0.486. The van der Waals surface area contributed by atoms with Crippen LogP contribution in [0.2, 0.25) is 0 Å². The van der Waals surface area contributed by atoms with Crippen molar-refractivity contribution in [3.63, 3.8) is 0 Å². The molecule has 0 radical (unpaired) electrons. The SMILES string of the molecule is CC1=C(C(C)C)CCC1(C)C. The zero-order valence-corrected chi connectivity index (χ0v) is 8.49. The monoisotopic (exact) mass is 152 g/mol.